The average Bonchev–Trinajstić information content (AvgIpc) is 2.61. The predicted molar refractivity (Wildman–Crippen MR) is 51.8 cm³/mol. The Morgan fingerprint density at radius 3 is 2.25 bits per heavy atom. The topological polar surface area (TPSA) is 0 Å². The van der Waals surface area contributed by atoms with Crippen molar-refractivity contribution in [3.8, 4) is 0 Å². The van der Waals surface area contributed by atoms with E-state index < -0.39 is 17.7 Å². The molecule has 0 spiro atoms. The van der Waals surface area contributed by atoms with Crippen LogP contribution in [0.15, 0.2) is 29.6 Å². The molecule has 1 aromatic carbocycles. The van der Waals surface area contributed by atoms with Crippen molar-refractivity contribution in [2.75, 3.05) is 0 Å². The van der Waals surface area contributed by atoms with Gasteiger partial charge in [-0.2, -0.15) is 22.0 Å². The van der Waals surface area contributed by atoms with Gasteiger partial charge in [-0.05, 0) is 22.9 Å². The molecule has 0 fully saturated rings. The van der Waals surface area contributed by atoms with E-state index in [2.05, 4.69) is 0 Å². The highest BCUT2D eigenvalue weighted by molar-refractivity contribution is 7.17. The van der Waals surface area contributed by atoms with E-state index in [-0.39, 0.29) is 0 Å². The van der Waals surface area contributed by atoms with Crippen LogP contribution >= 0.6 is 11.3 Å². The van der Waals surface area contributed by atoms with E-state index in [0.717, 1.165) is 23.5 Å². The van der Waals surface area contributed by atoms with Gasteiger partial charge in [-0.3, -0.25) is 0 Å². The molecule has 1 aromatic heterocycles. The van der Waals surface area contributed by atoms with Crippen molar-refractivity contribution >= 4 is 21.4 Å². The van der Waals surface area contributed by atoms with Crippen molar-refractivity contribution in [1.29, 1.82) is 0 Å². The average molecular weight is 252 g/mol. The Kier molecular flexibility index (Phi) is 2.41. The van der Waals surface area contributed by atoms with Crippen LogP contribution in [0, 0.1) is 0 Å². The Hall–Kier alpha value is -1.17. The maximum Gasteiger partial charge on any atom is 0.458 e. The molecule has 0 bridgehead atoms. The van der Waals surface area contributed by atoms with Crippen molar-refractivity contribution < 1.29 is 22.0 Å². The molecule has 6 heteroatoms. The van der Waals surface area contributed by atoms with Gasteiger partial charge in [0, 0.05) is 10.3 Å². The normalized spacial score (nSPS) is 13.3. The molecule has 0 amide bonds. The summed E-state index contributed by atoms with van der Waals surface area (Å²) in [5.74, 6) is -4.80. The fourth-order valence-corrected chi connectivity index (χ4v) is 2.14. The Morgan fingerprint density at radius 2 is 1.62 bits per heavy atom. The van der Waals surface area contributed by atoms with Gasteiger partial charge in [-0.25, -0.2) is 0 Å². The molecule has 2 rings (SSSR count). The third kappa shape index (κ3) is 1.67. The van der Waals surface area contributed by atoms with Crippen molar-refractivity contribution in [3.05, 3.63) is 35.2 Å². The molecular weight excluding hydrogens is 247 g/mol. The van der Waals surface area contributed by atoms with Gasteiger partial charge < -0.3 is 0 Å². The quantitative estimate of drug-likeness (QED) is 0.653. The SMILES string of the molecule is FC(F)(F)C(F)(F)c1ccc2ccsc2c1. The molecule has 0 aliphatic carbocycles. The first-order valence-corrected chi connectivity index (χ1v) is 5.12. The minimum atomic E-state index is -5.56. The standard InChI is InChI=1S/C10H5F5S/c11-9(12,10(13,14)15)7-2-1-6-3-4-16-8(6)5-7/h1-5H. The van der Waals surface area contributed by atoms with Gasteiger partial charge in [-0.15, -0.1) is 11.3 Å². The van der Waals surface area contributed by atoms with Crippen molar-refractivity contribution in [3.63, 3.8) is 0 Å². The van der Waals surface area contributed by atoms with E-state index in [1.54, 1.807) is 11.4 Å². The number of fused-ring (bicyclic) bond motifs is 1. The van der Waals surface area contributed by atoms with E-state index in [0.29, 0.717) is 10.1 Å². The van der Waals surface area contributed by atoms with Gasteiger partial charge in [0.2, 0.25) is 0 Å². The highest BCUT2D eigenvalue weighted by atomic mass is 32.1. The lowest BCUT2D eigenvalue weighted by Crippen LogP contribution is -2.33. The lowest BCUT2D eigenvalue weighted by molar-refractivity contribution is -0.289. The zero-order chi connectivity index (χ0) is 12.0. The number of thiophene rings is 1. The van der Waals surface area contributed by atoms with Crippen LogP contribution in [0.3, 0.4) is 0 Å². The number of halogens is 5. The summed E-state index contributed by atoms with van der Waals surface area (Å²) in [6.45, 7) is 0. The van der Waals surface area contributed by atoms with Gasteiger partial charge in [0.15, 0.2) is 0 Å². The Morgan fingerprint density at radius 1 is 0.938 bits per heavy atom. The monoisotopic (exact) mass is 252 g/mol. The number of hydrogen-bond acceptors (Lipinski definition) is 1. The molecule has 0 saturated heterocycles. The molecule has 0 saturated carbocycles. The molecule has 0 radical (unpaired) electrons. The first kappa shape index (κ1) is 11.3. The summed E-state index contributed by atoms with van der Waals surface area (Å²) in [7, 11) is 0. The fourth-order valence-electron chi connectivity index (χ4n) is 1.31. The molecule has 1 heterocycles. The number of alkyl halides is 5. The largest absolute Gasteiger partial charge is 0.458 e. The van der Waals surface area contributed by atoms with Crippen LogP contribution in [-0.2, 0) is 5.92 Å². The second kappa shape index (κ2) is 3.41. The molecule has 0 aliphatic heterocycles. The smallest absolute Gasteiger partial charge is 0.191 e. The van der Waals surface area contributed by atoms with Crippen LogP contribution in [0.5, 0.6) is 0 Å². The summed E-state index contributed by atoms with van der Waals surface area (Å²) in [5, 5.41) is 2.30. The molecular formula is C10H5F5S. The lowest BCUT2D eigenvalue weighted by atomic mass is 10.1. The lowest BCUT2D eigenvalue weighted by Gasteiger charge is -2.19. The van der Waals surface area contributed by atoms with Gasteiger partial charge in [0.05, 0.1) is 0 Å². The van der Waals surface area contributed by atoms with Crippen LogP contribution in [-0.4, -0.2) is 6.18 Å². The fraction of sp³-hybridized carbons (Fsp3) is 0.200. The summed E-state index contributed by atoms with van der Waals surface area (Å²) >= 11 is 1.13. The van der Waals surface area contributed by atoms with Crippen molar-refractivity contribution in [2.45, 2.75) is 12.1 Å². The zero-order valence-electron chi connectivity index (χ0n) is 7.68. The third-order valence-electron chi connectivity index (χ3n) is 2.17. The molecule has 2 aromatic rings. The van der Waals surface area contributed by atoms with E-state index in [1.807, 2.05) is 0 Å². The second-order valence-corrected chi connectivity index (χ2v) is 4.19. The van der Waals surface area contributed by atoms with Crippen LogP contribution in [0.1, 0.15) is 5.56 Å². The Bertz CT molecular complexity index is 511. The molecule has 0 aliphatic rings. The molecule has 0 N–H and O–H groups in total. The van der Waals surface area contributed by atoms with Crippen molar-refractivity contribution in [1.82, 2.24) is 0 Å². The van der Waals surface area contributed by atoms with E-state index >= 15 is 0 Å². The summed E-state index contributed by atoms with van der Waals surface area (Å²) < 4.78 is 62.7. The minimum Gasteiger partial charge on any atom is -0.191 e. The predicted octanol–water partition coefficient (Wildman–Crippen LogP) is 4.56. The zero-order valence-corrected chi connectivity index (χ0v) is 8.50. The summed E-state index contributed by atoms with van der Waals surface area (Å²) in [5.41, 5.74) is -1.02. The molecule has 0 nitrogen and oxygen atoms in total. The minimum absolute atomic E-state index is 0.418. The number of rotatable bonds is 1. The van der Waals surface area contributed by atoms with Gasteiger partial charge in [-0.1, -0.05) is 12.1 Å². The van der Waals surface area contributed by atoms with Gasteiger partial charge in [0.25, 0.3) is 0 Å². The first-order valence-electron chi connectivity index (χ1n) is 4.24. The highest BCUT2D eigenvalue weighted by Gasteiger charge is 2.58. The third-order valence-corrected chi connectivity index (χ3v) is 3.05. The maximum absolute atomic E-state index is 13.0. The summed E-state index contributed by atoms with van der Waals surface area (Å²) in [6.07, 6.45) is -5.56. The van der Waals surface area contributed by atoms with Crippen LogP contribution < -0.4 is 0 Å². The highest BCUT2D eigenvalue weighted by Crippen LogP contribution is 2.44. The summed E-state index contributed by atoms with van der Waals surface area (Å²) in [4.78, 5) is 0. The number of hydrogen-bond donors (Lipinski definition) is 0. The van der Waals surface area contributed by atoms with Crippen LogP contribution in [0.4, 0.5) is 22.0 Å². The van der Waals surface area contributed by atoms with Crippen LogP contribution in [0.25, 0.3) is 10.1 Å². The first-order chi connectivity index (χ1) is 7.32. The van der Waals surface area contributed by atoms with E-state index in [9.17, 15) is 22.0 Å². The van der Waals surface area contributed by atoms with Gasteiger partial charge >= 0.3 is 12.1 Å². The van der Waals surface area contributed by atoms with E-state index in [1.165, 1.54) is 6.07 Å². The molecule has 16 heavy (non-hydrogen) atoms. The maximum atomic E-state index is 13.0. The van der Waals surface area contributed by atoms with Crippen LogP contribution in [0.2, 0.25) is 0 Å². The Labute approximate surface area is 91.3 Å². The molecule has 0 atom stereocenters. The Balaban J connectivity index is 2.54. The summed E-state index contributed by atoms with van der Waals surface area (Å²) in [6, 6.07) is 4.62. The number of benzene rings is 1. The molecule has 86 valence electrons. The van der Waals surface area contributed by atoms with Crippen molar-refractivity contribution in [2.24, 2.45) is 0 Å². The second-order valence-electron chi connectivity index (χ2n) is 3.25. The molecule has 0 unspecified atom stereocenters. The van der Waals surface area contributed by atoms with E-state index in [4.69, 9.17) is 0 Å². The van der Waals surface area contributed by atoms with Gasteiger partial charge in [0.1, 0.15) is 0 Å².